The number of nitrogens with zero attached hydrogens (tertiary/aromatic N) is 1. The first kappa shape index (κ1) is 12.8. The summed E-state index contributed by atoms with van der Waals surface area (Å²) in [6.07, 6.45) is 5.77. The highest BCUT2D eigenvalue weighted by molar-refractivity contribution is 7.11. The quantitative estimate of drug-likeness (QED) is 0.666. The lowest BCUT2D eigenvalue weighted by Crippen LogP contribution is -2.33. The van der Waals surface area contributed by atoms with Crippen LogP contribution in [0.5, 0.6) is 0 Å². The van der Waals surface area contributed by atoms with Gasteiger partial charge in [0.1, 0.15) is 5.69 Å². The highest BCUT2D eigenvalue weighted by Crippen LogP contribution is 2.13. The molecule has 0 radical (unpaired) electrons. The Bertz CT molecular complexity index is 473. The van der Waals surface area contributed by atoms with Gasteiger partial charge in [-0.05, 0) is 19.8 Å². The molecule has 1 aliphatic rings. The van der Waals surface area contributed by atoms with Crippen molar-refractivity contribution >= 4 is 23.2 Å². The molecular weight excluding hydrogens is 252 g/mol. The van der Waals surface area contributed by atoms with Crippen molar-refractivity contribution < 1.29 is 14.3 Å². The van der Waals surface area contributed by atoms with E-state index in [1.54, 1.807) is 12.3 Å². The van der Waals surface area contributed by atoms with Crippen molar-refractivity contribution in [3.63, 3.8) is 0 Å². The fourth-order valence-corrected chi connectivity index (χ4v) is 2.35. The van der Waals surface area contributed by atoms with Gasteiger partial charge in [0.25, 0.3) is 5.91 Å². The molecule has 0 aliphatic heterocycles. The molecular formula is C12H14N2O3S. The molecule has 5 nitrogen and oxygen atoms in total. The summed E-state index contributed by atoms with van der Waals surface area (Å²) in [5.74, 6) is -0.723. The van der Waals surface area contributed by atoms with Gasteiger partial charge in [-0.1, -0.05) is 12.2 Å². The first-order valence-corrected chi connectivity index (χ1v) is 6.67. The molecule has 1 aromatic rings. The number of hydrogen-bond donors (Lipinski definition) is 1. The van der Waals surface area contributed by atoms with E-state index in [1.807, 2.05) is 12.2 Å². The number of carbonyl (C=O) groups excluding carboxylic acids is 2. The smallest absolute Gasteiger partial charge is 0.367 e. The standard InChI is InChI=1S/C12H14N2O3S/c1-2-17-12(16)11-14-9(7-18-11)10(15)13-8-5-3-4-6-8/h3-4,7-8H,2,5-6H2,1H3,(H,13,15). The first-order chi connectivity index (χ1) is 8.70. The zero-order valence-corrected chi connectivity index (χ0v) is 10.8. The van der Waals surface area contributed by atoms with E-state index in [0.29, 0.717) is 6.61 Å². The van der Waals surface area contributed by atoms with Crippen molar-refractivity contribution in [2.45, 2.75) is 25.8 Å². The summed E-state index contributed by atoms with van der Waals surface area (Å²) in [6.45, 7) is 2.03. The van der Waals surface area contributed by atoms with Crippen LogP contribution in [-0.4, -0.2) is 29.5 Å². The maximum atomic E-state index is 11.8. The van der Waals surface area contributed by atoms with Crippen LogP contribution in [0.1, 0.15) is 40.1 Å². The lowest BCUT2D eigenvalue weighted by Gasteiger charge is -2.09. The van der Waals surface area contributed by atoms with Crippen LogP contribution in [-0.2, 0) is 4.74 Å². The minimum atomic E-state index is -0.482. The van der Waals surface area contributed by atoms with Gasteiger partial charge in [0, 0.05) is 11.4 Å². The normalized spacial score (nSPS) is 14.7. The molecule has 0 saturated heterocycles. The Morgan fingerprint density at radius 1 is 1.50 bits per heavy atom. The molecule has 1 aromatic heterocycles. The number of carbonyl (C=O) groups is 2. The molecule has 0 bridgehead atoms. The van der Waals surface area contributed by atoms with Gasteiger partial charge in [-0.25, -0.2) is 9.78 Å². The average Bonchev–Trinajstić information content (AvgIpc) is 2.99. The zero-order valence-electron chi connectivity index (χ0n) is 10.0. The van der Waals surface area contributed by atoms with Gasteiger partial charge < -0.3 is 10.1 Å². The topological polar surface area (TPSA) is 68.3 Å². The minimum absolute atomic E-state index is 0.144. The SMILES string of the molecule is CCOC(=O)c1nc(C(=O)NC2CC=CC2)cs1. The molecule has 0 fully saturated rings. The number of aromatic nitrogens is 1. The van der Waals surface area contributed by atoms with Crippen LogP contribution in [0, 0.1) is 0 Å². The Hall–Kier alpha value is -1.69. The highest BCUT2D eigenvalue weighted by Gasteiger charge is 2.19. The molecule has 1 aliphatic carbocycles. The number of thiazole rings is 1. The number of ether oxygens (including phenoxy) is 1. The summed E-state index contributed by atoms with van der Waals surface area (Å²) >= 11 is 1.12. The van der Waals surface area contributed by atoms with Crippen LogP contribution in [0.2, 0.25) is 0 Å². The molecule has 6 heteroatoms. The summed E-state index contributed by atoms with van der Waals surface area (Å²) in [7, 11) is 0. The van der Waals surface area contributed by atoms with Crippen molar-refractivity contribution in [2.24, 2.45) is 0 Å². The van der Waals surface area contributed by atoms with Crippen LogP contribution >= 0.6 is 11.3 Å². The van der Waals surface area contributed by atoms with E-state index >= 15 is 0 Å². The van der Waals surface area contributed by atoms with Crippen molar-refractivity contribution in [1.82, 2.24) is 10.3 Å². The van der Waals surface area contributed by atoms with E-state index < -0.39 is 5.97 Å². The van der Waals surface area contributed by atoms with Gasteiger partial charge in [0.15, 0.2) is 0 Å². The largest absolute Gasteiger partial charge is 0.461 e. The predicted molar refractivity (Wildman–Crippen MR) is 67.7 cm³/mol. The monoisotopic (exact) mass is 266 g/mol. The van der Waals surface area contributed by atoms with Gasteiger partial charge in [-0.3, -0.25) is 4.79 Å². The summed E-state index contributed by atoms with van der Waals surface area (Å²) in [5.41, 5.74) is 0.273. The molecule has 2 rings (SSSR count). The first-order valence-electron chi connectivity index (χ1n) is 5.79. The van der Waals surface area contributed by atoms with Crippen LogP contribution in [0.25, 0.3) is 0 Å². The molecule has 0 aromatic carbocycles. The van der Waals surface area contributed by atoms with E-state index in [9.17, 15) is 9.59 Å². The van der Waals surface area contributed by atoms with Crippen molar-refractivity contribution in [1.29, 1.82) is 0 Å². The van der Waals surface area contributed by atoms with Crippen molar-refractivity contribution in [3.8, 4) is 0 Å². The van der Waals surface area contributed by atoms with E-state index in [-0.39, 0.29) is 22.7 Å². The van der Waals surface area contributed by atoms with E-state index in [1.165, 1.54) is 0 Å². The fraction of sp³-hybridized carbons (Fsp3) is 0.417. The fourth-order valence-electron chi connectivity index (χ4n) is 1.66. The molecule has 0 saturated carbocycles. The van der Waals surface area contributed by atoms with Crippen molar-refractivity contribution in [2.75, 3.05) is 6.61 Å². The van der Waals surface area contributed by atoms with Crippen molar-refractivity contribution in [3.05, 3.63) is 28.2 Å². The summed E-state index contributed by atoms with van der Waals surface area (Å²) < 4.78 is 4.82. The van der Waals surface area contributed by atoms with E-state index in [2.05, 4.69) is 10.3 Å². The van der Waals surface area contributed by atoms with Crippen LogP contribution < -0.4 is 5.32 Å². The molecule has 18 heavy (non-hydrogen) atoms. The molecule has 0 spiro atoms. The Morgan fingerprint density at radius 3 is 2.89 bits per heavy atom. The Labute approximate surface area is 109 Å². The number of nitrogens with one attached hydrogen (secondary N) is 1. The van der Waals surface area contributed by atoms with Crippen LogP contribution in [0.4, 0.5) is 0 Å². The number of amides is 1. The molecule has 0 unspecified atom stereocenters. The maximum absolute atomic E-state index is 11.8. The van der Waals surface area contributed by atoms with Crippen LogP contribution in [0.15, 0.2) is 17.5 Å². The zero-order chi connectivity index (χ0) is 13.0. The number of esters is 1. The lowest BCUT2D eigenvalue weighted by molar-refractivity contribution is 0.0526. The molecule has 1 amide bonds. The summed E-state index contributed by atoms with van der Waals surface area (Å²) in [5, 5.41) is 4.66. The lowest BCUT2D eigenvalue weighted by atomic mass is 10.2. The van der Waals surface area contributed by atoms with Gasteiger partial charge in [-0.15, -0.1) is 11.3 Å². The predicted octanol–water partition coefficient (Wildman–Crippen LogP) is 1.77. The second-order valence-corrected chi connectivity index (χ2v) is 4.73. The Kier molecular flexibility index (Phi) is 4.09. The Morgan fingerprint density at radius 2 is 2.22 bits per heavy atom. The number of hydrogen-bond acceptors (Lipinski definition) is 5. The molecule has 1 N–H and O–H groups in total. The molecule has 96 valence electrons. The third kappa shape index (κ3) is 2.95. The molecule has 0 atom stereocenters. The van der Waals surface area contributed by atoms with Gasteiger partial charge in [0.2, 0.25) is 5.01 Å². The highest BCUT2D eigenvalue weighted by atomic mass is 32.1. The van der Waals surface area contributed by atoms with Gasteiger partial charge in [-0.2, -0.15) is 0 Å². The Balaban J connectivity index is 1.96. The van der Waals surface area contributed by atoms with E-state index in [0.717, 1.165) is 24.2 Å². The number of rotatable bonds is 4. The van der Waals surface area contributed by atoms with Gasteiger partial charge in [0.05, 0.1) is 6.61 Å². The maximum Gasteiger partial charge on any atom is 0.367 e. The minimum Gasteiger partial charge on any atom is -0.461 e. The average molecular weight is 266 g/mol. The van der Waals surface area contributed by atoms with Crippen LogP contribution in [0.3, 0.4) is 0 Å². The third-order valence-electron chi connectivity index (χ3n) is 2.53. The second-order valence-electron chi connectivity index (χ2n) is 3.87. The van der Waals surface area contributed by atoms with E-state index in [4.69, 9.17) is 4.74 Å². The second kappa shape index (κ2) is 5.77. The van der Waals surface area contributed by atoms with Gasteiger partial charge >= 0.3 is 5.97 Å². The molecule has 1 heterocycles. The summed E-state index contributed by atoms with van der Waals surface area (Å²) in [4.78, 5) is 27.2. The summed E-state index contributed by atoms with van der Waals surface area (Å²) in [6, 6.07) is 0.144. The third-order valence-corrected chi connectivity index (χ3v) is 3.35.